The molecule has 126 valence electrons. The van der Waals surface area contributed by atoms with Crippen molar-refractivity contribution in [2.45, 2.75) is 13.8 Å². The fourth-order valence-electron chi connectivity index (χ4n) is 2.40. The third-order valence-corrected chi connectivity index (χ3v) is 3.73. The van der Waals surface area contributed by atoms with Crippen LogP contribution in [0, 0.1) is 13.8 Å². The second kappa shape index (κ2) is 6.56. The van der Waals surface area contributed by atoms with E-state index in [-0.39, 0.29) is 11.3 Å². The van der Waals surface area contributed by atoms with Gasteiger partial charge in [0.15, 0.2) is 0 Å². The molecular weight excluding hydrogens is 320 g/mol. The van der Waals surface area contributed by atoms with Crippen LogP contribution < -0.4 is 0 Å². The van der Waals surface area contributed by atoms with Crippen molar-refractivity contribution < 1.29 is 15.0 Å². The first kappa shape index (κ1) is 16.4. The lowest BCUT2D eigenvalue weighted by Gasteiger charge is -2.04. The van der Waals surface area contributed by atoms with Crippen LogP contribution in [0.5, 0.6) is 5.75 Å². The van der Waals surface area contributed by atoms with E-state index in [1.165, 1.54) is 12.1 Å². The van der Waals surface area contributed by atoms with Crippen molar-refractivity contribution in [2.24, 2.45) is 10.2 Å². The molecule has 0 aliphatic heterocycles. The number of phenols is 1. The zero-order valence-corrected chi connectivity index (χ0v) is 13.7. The first-order valence-electron chi connectivity index (χ1n) is 7.56. The molecule has 0 fully saturated rings. The van der Waals surface area contributed by atoms with E-state index in [4.69, 9.17) is 5.11 Å². The standard InChI is InChI=1S/C18H16N4O3/c1-11-17(20-19-14-5-9-16(23)10-6-14)12(2)22(21-11)15-7-3-13(4-8-15)18(24)25/h3-10,23H,1-2H3,(H,24,25). The van der Waals surface area contributed by atoms with Crippen LogP contribution in [0.1, 0.15) is 21.7 Å². The highest BCUT2D eigenvalue weighted by molar-refractivity contribution is 5.87. The number of benzene rings is 2. The van der Waals surface area contributed by atoms with Gasteiger partial charge in [-0.25, -0.2) is 9.48 Å². The lowest BCUT2D eigenvalue weighted by molar-refractivity contribution is 0.0697. The molecule has 0 saturated heterocycles. The van der Waals surface area contributed by atoms with Gasteiger partial charge in [-0.2, -0.15) is 10.2 Å². The number of aromatic nitrogens is 2. The highest BCUT2D eigenvalue weighted by atomic mass is 16.4. The lowest BCUT2D eigenvalue weighted by Crippen LogP contribution is -2.01. The molecule has 0 aliphatic carbocycles. The summed E-state index contributed by atoms with van der Waals surface area (Å²) in [4.78, 5) is 10.9. The minimum Gasteiger partial charge on any atom is -0.508 e. The number of nitrogens with zero attached hydrogens (tertiary/aromatic N) is 4. The molecule has 1 aromatic heterocycles. The van der Waals surface area contributed by atoms with E-state index in [1.54, 1.807) is 41.1 Å². The zero-order chi connectivity index (χ0) is 18.0. The van der Waals surface area contributed by atoms with Gasteiger partial charge in [0.2, 0.25) is 0 Å². The Bertz CT molecular complexity index is 942. The zero-order valence-electron chi connectivity index (χ0n) is 13.7. The van der Waals surface area contributed by atoms with Gasteiger partial charge < -0.3 is 10.2 Å². The molecule has 7 heteroatoms. The predicted octanol–water partition coefficient (Wildman–Crippen LogP) is 4.31. The summed E-state index contributed by atoms with van der Waals surface area (Å²) in [5.41, 5.74) is 3.74. The molecule has 0 saturated carbocycles. The molecule has 0 spiro atoms. The Hall–Kier alpha value is -3.48. The van der Waals surface area contributed by atoms with E-state index in [9.17, 15) is 9.90 Å². The quantitative estimate of drug-likeness (QED) is 0.693. The molecule has 1 heterocycles. The fourth-order valence-corrected chi connectivity index (χ4v) is 2.40. The Morgan fingerprint density at radius 1 is 1.00 bits per heavy atom. The number of hydrogen-bond acceptors (Lipinski definition) is 5. The molecule has 25 heavy (non-hydrogen) atoms. The smallest absolute Gasteiger partial charge is 0.335 e. The SMILES string of the molecule is Cc1nn(-c2ccc(C(=O)O)cc2)c(C)c1N=Nc1ccc(O)cc1. The molecular formula is C18H16N4O3. The molecule has 7 nitrogen and oxygen atoms in total. The van der Waals surface area contributed by atoms with Gasteiger partial charge in [0.05, 0.1) is 28.3 Å². The maximum absolute atomic E-state index is 10.9. The van der Waals surface area contributed by atoms with Crippen molar-refractivity contribution in [1.82, 2.24) is 9.78 Å². The number of carboxylic acid groups (broad SMARTS) is 1. The molecule has 0 radical (unpaired) electrons. The van der Waals surface area contributed by atoms with E-state index in [2.05, 4.69) is 15.3 Å². The van der Waals surface area contributed by atoms with Gasteiger partial charge in [-0.15, -0.1) is 5.11 Å². The van der Waals surface area contributed by atoms with Gasteiger partial charge in [-0.1, -0.05) is 0 Å². The maximum Gasteiger partial charge on any atom is 0.335 e. The number of aromatic carboxylic acids is 1. The molecule has 0 aliphatic rings. The van der Waals surface area contributed by atoms with Gasteiger partial charge in [-0.05, 0) is 62.4 Å². The molecule has 0 atom stereocenters. The lowest BCUT2D eigenvalue weighted by atomic mass is 10.2. The summed E-state index contributed by atoms with van der Waals surface area (Å²) >= 11 is 0. The van der Waals surface area contributed by atoms with Gasteiger partial charge in [0.1, 0.15) is 11.4 Å². The van der Waals surface area contributed by atoms with E-state index in [0.717, 1.165) is 11.4 Å². The summed E-state index contributed by atoms with van der Waals surface area (Å²) < 4.78 is 1.70. The number of aromatic hydroxyl groups is 1. The number of aryl methyl sites for hydroxylation is 1. The van der Waals surface area contributed by atoms with Crippen LogP contribution in [0.15, 0.2) is 58.8 Å². The van der Waals surface area contributed by atoms with Crippen molar-refractivity contribution in [2.75, 3.05) is 0 Å². The highest BCUT2D eigenvalue weighted by Gasteiger charge is 2.13. The van der Waals surface area contributed by atoms with Gasteiger partial charge in [0, 0.05) is 0 Å². The van der Waals surface area contributed by atoms with E-state index < -0.39 is 5.97 Å². The van der Waals surface area contributed by atoms with E-state index in [1.807, 2.05) is 13.8 Å². The van der Waals surface area contributed by atoms with Crippen LogP contribution in [0.25, 0.3) is 5.69 Å². The third-order valence-electron chi connectivity index (χ3n) is 3.73. The second-order valence-corrected chi connectivity index (χ2v) is 5.50. The van der Waals surface area contributed by atoms with Crippen LogP contribution in [-0.4, -0.2) is 26.0 Å². The highest BCUT2D eigenvalue weighted by Crippen LogP contribution is 2.28. The van der Waals surface area contributed by atoms with Crippen LogP contribution >= 0.6 is 0 Å². The Kier molecular flexibility index (Phi) is 4.30. The van der Waals surface area contributed by atoms with Crippen molar-refractivity contribution in [3.63, 3.8) is 0 Å². The average molecular weight is 336 g/mol. The summed E-state index contributed by atoms with van der Waals surface area (Å²) in [6.07, 6.45) is 0. The monoisotopic (exact) mass is 336 g/mol. The van der Waals surface area contributed by atoms with Crippen molar-refractivity contribution in [1.29, 1.82) is 0 Å². The topological polar surface area (TPSA) is 100 Å². The van der Waals surface area contributed by atoms with Crippen molar-refractivity contribution >= 4 is 17.3 Å². The summed E-state index contributed by atoms with van der Waals surface area (Å²) in [6.45, 7) is 3.70. The molecule has 2 N–H and O–H groups in total. The van der Waals surface area contributed by atoms with Crippen LogP contribution in [0.2, 0.25) is 0 Å². The number of phenolic OH excluding ortho intramolecular Hbond substituents is 1. The first-order valence-corrected chi connectivity index (χ1v) is 7.56. The molecule has 3 rings (SSSR count). The normalized spacial score (nSPS) is 11.1. The van der Waals surface area contributed by atoms with Crippen LogP contribution in [0.3, 0.4) is 0 Å². The molecule has 0 amide bonds. The average Bonchev–Trinajstić information content (AvgIpc) is 2.89. The Balaban J connectivity index is 1.92. The Morgan fingerprint density at radius 3 is 2.24 bits per heavy atom. The number of rotatable bonds is 4. The first-order chi connectivity index (χ1) is 12.0. The van der Waals surface area contributed by atoms with Gasteiger partial charge >= 0.3 is 5.97 Å². The third kappa shape index (κ3) is 3.40. The Morgan fingerprint density at radius 2 is 1.64 bits per heavy atom. The second-order valence-electron chi connectivity index (χ2n) is 5.50. The number of hydrogen-bond donors (Lipinski definition) is 2. The van der Waals surface area contributed by atoms with Gasteiger partial charge in [-0.3, -0.25) is 0 Å². The summed E-state index contributed by atoms with van der Waals surface area (Å²) in [7, 11) is 0. The minimum atomic E-state index is -0.969. The number of azo groups is 1. The van der Waals surface area contributed by atoms with E-state index >= 15 is 0 Å². The predicted molar refractivity (Wildman–Crippen MR) is 92.3 cm³/mol. The maximum atomic E-state index is 10.9. The van der Waals surface area contributed by atoms with Crippen LogP contribution in [0.4, 0.5) is 11.4 Å². The molecule has 3 aromatic rings. The minimum absolute atomic E-state index is 0.170. The summed E-state index contributed by atoms with van der Waals surface area (Å²) in [5, 5.41) is 31.2. The number of carbonyl (C=O) groups is 1. The molecule has 2 aromatic carbocycles. The van der Waals surface area contributed by atoms with Gasteiger partial charge in [0.25, 0.3) is 0 Å². The van der Waals surface area contributed by atoms with Crippen LogP contribution in [-0.2, 0) is 0 Å². The van der Waals surface area contributed by atoms with E-state index in [0.29, 0.717) is 17.1 Å². The largest absolute Gasteiger partial charge is 0.508 e. The Labute approximate surface area is 143 Å². The van der Waals surface area contributed by atoms with Crippen molar-refractivity contribution in [3.05, 3.63) is 65.5 Å². The fraction of sp³-hybridized carbons (Fsp3) is 0.111. The molecule has 0 bridgehead atoms. The molecule has 0 unspecified atom stereocenters. The van der Waals surface area contributed by atoms with Crippen molar-refractivity contribution in [3.8, 4) is 11.4 Å². The number of carboxylic acids is 1. The summed E-state index contributed by atoms with van der Waals surface area (Å²) in [5.74, 6) is -0.799. The summed E-state index contributed by atoms with van der Waals surface area (Å²) in [6, 6.07) is 12.9.